The van der Waals surface area contributed by atoms with E-state index in [1.165, 1.54) is 17.3 Å². The molecule has 0 unspecified atom stereocenters. The van der Waals surface area contributed by atoms with Crippen LogP contribution in [0.2, 0.25) is 0 Å². The van der Waals surface area contributed by atoms with Gasteiger partial charge in [-0.2, -0.15) is 8.75 Å². The molecule has 0 bridgehead atoms. The van der Waals surface area contributed by atoms with Crippen molar-refractivity contribution in [3.8, 4) is 22.3 Å². The van der Waals surface area contributed by atoms with Crippen LogP contribution >= 0.6 is 11.7 Å². The molecule has 168 valence electrons. The maximum Gasteiger partial charge on any atom is 0.113 e. The van der Waals surface area contributed by atoms with Gasteiger partial charge in [0.1, 0.15) is 11.0 Å². The molecule has 35 heavy (non-hydrogen) atoms. The highest BCUT2D eigenvalue weighted by atomic mass is 32.1. The van der Waals surface area contributed by atoms with Crippen LogP contribution in [0.15, 0.2) is 121 Å². The molecule has 1 heterocycles. The van der Waals surface area contributed by atoms with Crippen LogP contribution in [0.5, 0.6) is 0 Å². The van der Waals surface area contributed by atoms with E-state index >= 15 is 0 Å². The van der Waals surface area contributed by atoms with Crippen LogP contribution in [-0.4, -0.2) is 8.75 Å². The minimum absolute atomic E-state index is 0.948. The molecule has 0 aliphatic heterocycles. The first kappa shape index (κ1) is 21.3. The van der Waals surface area contributed by atoms with Gasteiger partial charge in [-0.1, -0.05) is 90.5 Å². The number of benzene rings is 5. The molecule has 0 N–H and O–H groups in total. The average Bonchev–Trinajstić information content (AvgIpc) is 3.41. The van der Waals surface area contributed by atoms with E-state index in [-0.39, 0.29) is 0 Å². The van der Waals surface area contributed by atoms with E-state index < -0.39 is 0 Å². The number of rotatable bonds is 5. The van der Waals surface area contributed by atoms with E-state index in [4.69, 9.17) is 0 Å². The van der Waals surface area contributed by atoms with Crippen molar-refractivity contribution in [3.05, 3.63) is 127 Å². The van der Waals surface area contributed by atoms with Crippen LogP contribution in [-0.2, 0) is 0 Å². The molecule has 1 aromatic heterocycles. The van der Waals surface area contributed by atoms with Crippen molar-refractivity contribution in [1.82, 2.24) is 8.75 Å². The minimum atomic E-state index is 0.948. The molecule has 0 atom stereocenters. The number of hydrogen-bond donors (Lipinski definition) is 0. The summed E-state index contributed by atoms with van der Waals surface area (Å²) in [5.74, 6) is 0. The number of fused-ring (bicyclic) bond motifs is 1. The Morgan fingerprint density at radius 3 is 1.40 bits per heavy atom. The first-order chi connectivity index (χ1) is 17.3. The Balaban J connectivity index is 1.40. The van der Waals surface area contributed by atoms with Crippen LogP contribution in [0.4, 0.5) is 17.1 Å². The summed E-state index contributed by atoms with van der Waals surface area (Å²) < 4.78 is 9.32. The van der Waals surface area contributed by atoms with Crippen molar-refractivity contribution >= 4 is 39.8 Å². The predicted molar refractivity (Wildman–Crippen MR) is 148 cm³/mol. The largest absolute Gasteiger partial charge is 0.311 e. The highest BCUT2D eigenvalue weighted by Crippen LogP contribution is 2.38. The van der Waals surface area contributed by atoms with Gasteiger partial charge in [-0.3, -0.25) is 0 Å². The summed E-state index contributed by atoms with van der Waals surface area (Å²) in [4.78, 5) is 2.27. The molecule has 4 heteroatoms. The molecule has 0 saturated heterocycles. The molecular formula is C31H23N3S. The molecule has 0 amide bonds. The molecule has 0 aliphatic carbocycles. The highest BCUT2D eigenvalue weighted by Gasteiger charge is 2.15. The van der Waals surface area contributed by atoms with Gasteiger partial charge in [0.05, 0.1) is 11.7 Å². The average molecular weight is 470 g/mol. The fourth-order valence-electron chi connectivity index (χ4n) is 4.46. The normalized spacial score (nSPS) is 11.0. The Kier molecular flexibility index (Phi) is 5.57. The highest BCUT2D eigenvalue weighted by molar-refractivity contribution is 7.00. The smallest absolute Gasteiger partial charge is 0.113 e. The molecule has 0 radical (unpaired) electrons. The van der Waals surface area contributed by atoms with Gasteiger partial charge in [0.2, 0.25) is 0 Å². The second kappa shape index (κ2) is 9.16. The minimum Gasteiger partial charge on any atom is -0.311 e. The summed E-state index contributed by atoms with van der Waals surface area (Å²) >= 11 is 1.27. The SMILES string of the molecule is Cc1ccc(-c2ccc(-c3ccc(N(c4ccccc4)c4ccccc4)cc3)c3nsnc23)cc1. The maximum absolute atomic E-state index is 4.67. The van der Waals surface area contributed by atoms with Crippen molar-refractivity contribution in [2.24, 2.45) is 0 Å². The first-order valence-electron chi connectivity index (χ1n) is 11.6. The molecule has 3 nitrogen and oxygen atoms in total. The fourth-order valence-corrected chi connectivity index (χ4v) is 5.03. The molecule has 0 spiro atoms. The van der Waals surface area contributed by atoms with Gasteiger partial charge in [-0.05, 0) is 54.4 Å². The van der Waals surface area contributed by atoms with Gasteiger partial charge < -0.3 is 4.90 Å². The van der Waals surface area contributed by atoms with E-state index in [1.54, 1.807) is 0 Å². The molecule has 6 rings (SSSR count). The fraction of sp³-hybridized carbons (Fsp3) is 0.0323. The zero-order valence-corrected chi connectivity index (χ0v) is 20.1. The van der Waals surface area contributed by atoms with Crippen molar-refractivity contribution in [2.75, 3.05) is 4.90 Å². The van der Waals surface area contributed by atoms with Crippen LogP contribution in [0.25, 0.3) is 33.3 Å². The molecule has 6 aromatic rings. The Labute approximate surface area is 209 Å². The topological polar surface area (TPSA) is 29.0 Å². The second-order valence-corrected chi connectivity index (χ2v) is 9.07. The van der Waals surface area contributed by atoms with Crippen molar-refractivity contribution < 1.29 is 0 Å². The summed E-state index contributed by atoms with van der Waals surface area (Å²) in [6.07, 6.45) is 0. The van der Waals surface area contributed by atoms with Gasteiger partial charge in [0.25, 0.3) is 0 Å². The summed E-state index contributed by atoms with van der Waals surface area (Å²) in [7, 11) is 0. The van der Waals surface area contributed by atoms with E-state index in [2.05, 4.69) is 130 Å². The van der Waals surface area contributed by atoms with Gasteiger partial charge in [-0.15, -0.1) is 0 Å². The van der Waals surface area contributed by atoms with Gasteiger partial charge >= 0.3 is 0 Å². The summed E-state index contributed by atoms with van der Waals surface area (Å²) in [6, 6.07) is 42.5. The Morgan fingerprint density at radius 2 is 0.914 bits per heavy atom. The summed E-state index contributed by atoms with van der Waals surface area (Å²) in [5, 5.41) is 0. The van der Waals surface area contributed by atoms with Gasteiger partial charge in [-0.25, -0.2) is 0 Å². The number of anilines is 3. The van der Waals surface area contributed by atoms with Crippen molar-refractivity contribution in [3.63, 3.8) is 0 Å². The van der Waals surface area contributed by atoms with Gasteiger partial charge in [0.15, 0.2) is 0 Å². The molecule has 0 fully saturated rings. The quantitative estimate of drug-likeness (QED) is 0.253. The van der Waals surface area contributed by atoms with Crippen molar-refractivity contribution in [1.29, 1.82) is 0 Å². The Hall–Kier alpha value is -4.28. The monoisotopic (exact) mass is 469 g/mol. The second-order valence-electron chi connectivity index (χ2n) is 8.54. The number of hydrogen-bond acceptors (Lipinski definition) is 4. The van der Waals surface area contributed by atoms with Crippen molar-refractivity contribution in [2.45, 2.75) is 6.92 Å². The third-order valence-corrected chi connectivity index (χ3v) is 6.77. The Morgan fingerprint density at radius 1 is 0.486 bits per heavy atom. The number of para-hydroxylation sites is 2. The van der Waals surface area contributed by atoms with Crippen LogP contribution < -0.4 is 4.90 Å². The number of nitrogens with zero attached hydrogens (tertiary/aromatic N) is 3. The predicted octanol–water partition coefficient (Wildman–Crippen LogP) is 8.80. The molecule has 0 aliphatic rings. The molecule has 0 saturated carbocycles. The van der Waals surface area contributed by atoms with Crippen LogP contribution in [0, 0.1) is 6.92 Å². The summed E-state index contributed by atoms with van der Waals surface area (Å²) in [6.45, 7) is 2.10. The lowest BCUT2D eigenvalue weighted by atomic mass is 9.97. The lowest BCUT2D eigenvalue weighted by Crippen LogP contribution is -2.09. The summed E-state index contributed by atoms with van der Waals surface area (Å²) in [5.41, 5.74) is 11.0. The lowest BCUT2D eigenvalue weighted by Gasteiger charge is -2.25. The van der Waals surface area contributed by atoms with Gasteiger partial charge in [0, 0.05) is 28.2 Å². The van der Waals surface area contributed by atoms with E-state index in [1.807, 2.05) is 12.1 Å². The maximum atomic E-state index is 4.67. The number of aryl methyl sites for hydroxylation is 1. The first-order valence-corrected chi connectivity index (χ1v) is 12.3. The lowest BCUT2D eigenvalue weighted by molar-refractivity contribution is 1.28. The molecule has 5 aromatic carbocycles. The zero-order chi connectivity index (χ0) is 23.6. The third kappa shape index (κ3) is 4.09. The van der Waals surface area contributed by atoms with Crippen LogP contribution in [0.1, 0.15) is 5.56 Å². The Bertz CT molecular complexity index is 1530. The van der Waals surface area contributed by atoms with E-state index in [9.17, 15) is 0 Å². The standard InChI is InChI=1S/C31H23N3S/c1-22-12-14-23(15-13-22)28-20-21-29(31-30(28)32-35-33-31)24-16-18-27(19-17-24)34(25-8-4-2-5-9-25)26-10-6-3-7-11-26/h2-21H,1H3. The molecular weight excluding hydrogens is 446 g/mol. The van der Waals surface area contributed by atoms with E-state index in [0.717, 1.165) is 50.3 Å². The van der Waals surface area contributed by atoms with Crippen LogP contribution in [0.3, 0.4) is 0 Å². The van der Waals surface area contributed by atoms with E-state index in [0.29, 0.717) is 0 Å². The number of aromatic nitrogens is 2. The third-order valence-electron chi connectivity index (χ3n) is 6.24. The zero-order valence-electron chi connectivity index (χ0n) is 19.3.